The van der Waals surface area contributed by atoms with Crippen molar-refractivity contribution < 1.29 is 8.78 Å². The molecule has 0 unspecified atom stereocenters. The van der Waals surface area contributed by atoms with Gasteiger partial charge < -0.3 is 4.57 Å². The summed E-state index contributed by atoms with van der Waals surface area (Å²) in [7, 11) is 0. The van der Waals surface area contributed by atoms with Crippen LogP contribution in [0.3, 0.4) is 0 Å². The Morgan fingerprint density at radius 1 is 1.41 bits per heavy atom. The second-order valence-electron chi connectivity index (χ2n) is 3.65. The highest BCUT2D eigenvalue weighted by Gasteiger charge is 2.18. The first kappa shape index (κ1) is 11.9. The van der Waals surface area contributed by atoms with Crippen LogP contribution in [0.5, 0.6) is 0 Å². The molecule has 0 aliphatic rings. The van der Waals surface area contributed by atoms with Gasteiger partial charge in [-0.15, -0.1) is 0 Å². The van der Waals surface area contributed by atoms with Gasteiger partial charge in [0.15, 0.2) is 10.6 Å². The number of aryl methyl sites for hydroxylation is 1. The summed E-state index contributed by atoms with van der Waals surface area (Å²) in [5, 5.41) is 6.43. The minimum atomic E-state index is -0.642. The topological polar surface area (TPSA) is 33.6 Å². The van der Waals surface area contributed by atoms with Gasteiger partial charge in [-0.3, -0.25) is 5.10 Å². The quantitative estimate of drug-likeness (QED) is 0.836. The smallest absolute Gasteiger partial charge is 0.195 e. The van der Waals surface area contributed by atoms with Crippen molar-refractivity contribution in [3.8, 4) is 11.4 Å². The fourth-order valence-corrected chi connectivity index (χ4v) is 1.92. The summed E-state index contributed by atoms with van der Waals surface area (Å²) in [6, 6.07) is 2.62. The first-order valence-corrected chi connectivity index (χ1v) is 5.57. The lowest BCUT2D eigenvalue weighted by atomic mass is 10.1. The van der Waals surface area contributed by atoms with Crippen LogP contribution in [-0.2, 0) is 6.54 Å². The zero-order chi connectivity index (χ0) is 12.6. The van der Waals surface area contributed by atoms with E-state index in [2.05, 4.69) is 10.2 Å². The van der Waals surface area contributed by atoms with Gasteiger partial charge in [0.25, 0.3) is 0 Å². The van der Waals surface area contributed by atoms with E-state index in [0.717, 1.165) is 0 Å². The van der Waals surface area contributed by atoms with Gasteiger partial charge in [-0.1, -0.05) is 6.07 Å². The van der Waals surface area contributed by atoms with Crippen molar-refractivity contribution in [2.75, 3.05) is 0 Å². The molecule has 90 valence electrons. The van der Waals surface area contributed by atoms with E-state index in [1.54, 1.807) is 11.5 Å². The number of aromatic nitrogens is 3. The van der Waals surface area contributed by atoms with E-state index in [-0.39, 0.29) is 11.4 Å². The zero-order valence-corrected chi connectivity index (χ0v) is 10.2. The molecule has 0 radical (unpaired) electrons. The molecule has 1 heterocycles. The molecule has 1 N–H and O–H groups in total. The molecule has 0 spiro atoms. The SMILES string of the molecule is CCn1c(-c2c(F)ccc(C)c2F)n[nH]c1=S. The predicted octanol–water partition coefficient (Wildman–Crippen LogP) is 3.21. The molecule has 17 heavy (non-hydrogen) atoms. The van der Waals surface area contributed by atoms with Gasteiger partial charge in [0.2, 0.25) is 0 Å². The number of hydrogen-bond donors (Lipinski definition) is 1. The molecule has 1 aromatic heterocycles. The highest BCUT2D eigenvalue weighted by Crippen LogP contribution is 2.26. The standard InChI is InChI=1S/C11H11F2N3S/c1-3-16-10(14-15-11(16)17)8-7(12)5-4-6(2)9(8)13/h4-5H,3H2,1-2H3,(H,15,17). The highest BCUT2D eigenvalue weighted by molar-refractivity contribution is 7.71. The molecule has 0 aliphatic carbocycles. The molecule has 0 atom stereocenters. The van der Waals surface area contributed by atoms with Crippen molar-refractivity contribution in [3.63, 3.8) is 0 Å². The second kappa shape index (κ2) is 4.37. The van der Waals surface area contributed by atoms with Crippen LogP contribution in [0.1, 0.15) is 12.5 Å². The average Bonchev–Trinajstić information content (AvgIpc) is 2.66. The fourth-order valence-electron chi connectivity index (χ4n) is 1.66. The number of aromatic amines is 1. The maximum absolute atomic E-state index is 13.9. The fraction of sp³-hybridized carbons (Fsp3) is 0.273. The molecule has 0 saturated heterocycles. The van der Waals surface area contributed by atoms with Gasteiger partial charge >= 0.3 is 0 Å². The second-order valence-corrected chi connectivity index (χ2v) is 4.04. The first-order valence-electron chi connectivity index (χ1n) is 5.16. The van der Waals surface area contributed by atoms with E-state index in [1.807, 2.05) is 6.92 Å². The first-order chi connectivity index (χ1) is 8.06. The minimum Gasteiger partial charge on any atom is -0.300 e. The number of nitrogens with one attached hydrogen (secondary N) is 1. The van der Waals surface area contributed by atoms with Gasteiger partial charge in [0.1, 0.15) is 11.6 Å². The normalized spacial score (nSPS) is 10.8. The van der Waals surface area contributed by atoms with E-state index in [0.29, 0.717) is 16.9 Å². The highest BCUT2D eigenvalue weighted by atomic mass is 32.1. The summed E-state index contributed by atoms with van der Waals surface area (Å²) in [5.74, 6) is -1.05. The maximum Gasteiger partial charge on any atom is 0.195 e. The summed E-state index contributed by atoms with van der Waals surface area (Å²) in [6.45, 7) is 3.91. The molecule has 6 heteroatoms. The maximum atomic E-state index is 13.9. The minimum absolute atomic E-state index is 0.140. The van der Waals surface area contributed by atoms with Crippen LogP contribution >= 0.6 is 12.2 Å². The van der Waals surface area contributed by atoms with Crippen molar-refractivity contribution in [1.29, 1.82) is 0 Å². The summed E-state index contributed by atoms with van der Waals surface area (Å²) >= 11 is 4.99. The molecule has 2 aromatic rings. The largest absolute Gasteiger partial charge is 0.300 e. The third-order valence-electron chi connectivity index (χ3n) is 2.58. The van der Waals surface area contributed by atoms with Crippen molar-refractivity contribution in [3.05, 3.63) is 34.1 Å². The molecule has 1 aromatic carbocycles. The van der Waals surface area contributed by atoms with E-state index in [9.17, 15) is 8.78 Å². The molecular formula is C11H11F2N3S. The Morgan fingerprint density at radius 2 is 2.12 bits per heavy atom. The Bertz CT molecular complexity index is 616. The van der Waals surface area contributed by atoms with Crippen molar-refractivity contribution in [1.82, 2.24) is 14.8 Å². The van der Waals surface area contributed by atoms with Crippen LogP contribution in [0, 0.1) is 23.3 Å². The van der Waals surface area contributed by atoms with Crippen molar-refractivity contribution in [2.45, 2.75) is 20.4 Å². The third-order valence-corrected chi connectivity index (χ3v) is 2.89. The Balaban J connectivity index is 2.76. The lowest BCUT2D eigenvalue weighted by Gasteiger charge is -2.07. The van der Waals surface area contributed by atoms with Crippen LogP contribution in [0.4, 0.5) is 8.78 Å². The van der Waals surface area contributed by atoms with Crippen molar-refractivity contribution >= 4 is 12.2 Å². The molecular weight excluding hydrogens is 244 g/mol. The van der Waals surface area contributed by atoms with Gasteiger partial charge in [0, 0.05) is 6.54 Å². The van der Waals surface area contributed by atoms with Gasteiger partial charge in [-0.2, -0.15) is 5.10 Å². The van der Waals surface area contributed by atoms with Crippen LogP contribution in [0.2, 0.25) is 0 Å². The van der Waals surface area contributed by atoms with E-state index in [4.69, 9.17) is 12.2 Å². The Kier molecular flexibility index (Phi) is 3.06. The molecule has 0 amide bonds. The molecule has 2 rings (SSSR count). The summed E-state index contributed by atoms with van der Waals surface area (Å²) < 4.78 is 29.5. The predicted molar refractivity (Wildman–Crippen MR) is 63.2 cm³/mol. The van der Waals surface area contributed by atoms with Gasteiger partial charge in [-0.25, -0.2) is 8.78 Å². The van der Waals surface area contributed by atoms with Crippen LogP contribution < -0.4 is 0 Å². The lowest BCUT2D eigenvalue weighted by Crippen LogP contribution is -2.02. The monoisotopic (exact) mass is 255 g/mol. The summed E-state index contributed by atoms with van der Waals surface area (Å²) in [4.78, 5) is 0. The Hall–Kier alpha value is -1.56. The van der Waals surface area contributed by atoms with E-state index in [1.165, 1.54) is 12.1 Å². The average molecular weight is 255 g/mol. The summed E-state index contributed by atoms with van der Waals surface area (Å²) in [6.07, 6.45) is 0. The number of H-pyrrole nitrogens is 1. The molecule has 0 bridgehead atoms. The number of benzene rings is 1. The van der Waals surface area contributed by atoms with Crippen LogP contribution in [-0.4, -0.2) is 14.8 Å². The summed E-state index contributed by atoms with van der Waals surface area (Å²) in [5.41, 5.74) is 0.233. The Morgan fingerprint density at radius 3 is 2.76 bits per heavy atom. The van der Waals surface area contributed by atoms with Gasteiger partial charge in [0.05, 0.1) is 5.56 Å². The zero-order valence-electron chi connectivity index (χ0n) is 9.42. The van der Waals surface area contributed by atoms with Crippen LogP contribution in [0.25, 0.3) is 11.4 Å². The van der Waals surface area contributed by atoms with E-state index < -0.39 is 11.6 Å². The number of hydrogen-bond acceptors (Lipinski definition) is 2. The lowest BCUT2D eigenvalue weighted by molar-refractivity contribution is 0.578. The number of rotatable bonds is 2. The molecule has 3 nitrogen and oxygen atoms in total. The Labute approximate surface area is 102 Å². The molecule has 0 saturated carbocycles. The van der Waals surface area contributed by atoms with E-state index >= 15 is 0 Å². The third kappa shape index (κ3) is 1.88. The number of nitrogens with zero attached hydrogens (tertiary/aromatic N) is 2. The van der Waals surface area contributed by atoms with Gasteiger partial charge in [-0.05, 0) is 37.7 Å². The number of halogens is 2. The van der Waals surface area contributed by atoms with Crippen molar-refractivity contribution in [2.24, 2.45) is 0 Å². The van der Waals surface area contributed by atoms with Crippen LogP contribution in [0.15, 0.2) is 12.1 Å². The molecule has 0 aliphatic heterocycles. The molecule has 0 fully saturated rings.